The summed E-state index contributed by atoms with van der Waals surface area (Å²) in [6.07, 6.45) is 1.25. The summed E-state index contributed by atoms with van der Waals surface area (Å²) in [5, 5.41) is 16.6. The summed E-state index contributed by atoms with van der Waals surface area (Å²) in [6.45, 7) is 3.11. The normalized spacial score (nSPS) is 11.9. The number of aromatic nitrogens is 1. The summed E-state index contributed by atoms with van der Waals surface area (Å²) in [6, 6.07) is -1.11. The van der Waals surface area contributed by atoms with Crippen molar-refractivity contribution in [2.75, 3.05) is 18.4 Å². The van der Waals surface area contributed by atoms with Gasteiger partial charge in [-0.05, 0) is 6.42 Å². The van der Waals surface area contributed by atoms with Crippen LogP contribution in [0.3, 0.4) is 0 Å². The minimum absolute atomic E-state index is 0.0200. The van der Waals surface area contributed by atoms with Gasteiger partial charge in [0.2, 0.25) is 5.91 Å². The van der Waals surface area contributed by atoms with Gasteiger partial charge in [-0.15, -0.1) is 11.3 Å². The molecular weight excluding hydrogens is 268 g/mol. The first-order valence-electron chi connectivity index (χ1n) is 5.99. The minimum atomic E-state index is -1.12. The van der Waals surface area contributed by atoms with Crippen molar-refractivity contribution in [3.05, 3.63) is 11.1 Å². The van der Waals surface area contributed by atoms with Gasteiger partial charge in [-0.25, -0.2) is 4.98 Å². The van der Waals surface area contributed by atoms with Gasteiger partial charge in [-0.2, -0.15) is 0 Å². The number of nitrogens with zero attached hydrogens (tertiary/aromatic N) is 1. The van der Waals surface area contributed by atoms with Crippen LogP contribution in [0.2, 0.25) is 0 Å². The predicted molar refractivity (Wildman–Crippen MR) is 73.1 cm³/mol. The van der Waals surface area contributed by atoms with Crippen molar-refractivity contribution in [3.63, 3.8) is 0 Å². The first kappa shape index (κ1) is 15.4. The second-order valence-electron chi connectivity index (χ2n) is 3.92. The van der Waals surface area contributed by atoms with E-state index in [4.69, 9.17) is 10.8 Å². The molecule has 0 aliphatic heterocycles. The number of aliphatic carboxylic acids is 1. The summed E-state index contributed by atoms with van der Waals surface area (Å²) >= 11 is 1.27. The van der Waals surface area contributed by atoms with Crippen molar-refractivity contribution in [1.82, 2.24) is 10.3 Å². The van der Waals surface area contributed by atoms with Crippen LogP contribution < -0.4 is 16.4 Å². The molecule has 0 bridgehead atoms. The maximum atomic E-state index is 11.3. The Bertz CT molecular complexity index is 435. The van der Waals surface area contributed by atoms with Crippen LogP contribution >= 0.6 is 11.3 Å². The standard InChI is InChI=1S/C11H18N4O3S/c1-2-4-13-8(16)3-5-14-11-15-7(6-19-11)9(12)10(17)18/h6,9H,2-5,12H2,1H3,(H,13,16)(H,14,15)(H,17,18). The fourth-order valence-electron chi connectivity index (χ4n) is 1.27. The van der Waals surface area contributed by atoms with Crippen LogP contribution in [0, 0.1) is 0 Å². The molecule has 0 aliphatic rings. The zero-order valence-corrected chi connectivity index (χ0v) is 11.5. The van der Waals surface area contributed by atoms with Gasteiger partial charge in [0.05, 0.1) is 5.69 Å². The number of hydrogen-bond donors (Lipinski definition) is 4. The summed E-state index contributed by atoms with van der Waals surface area (Å²) in [5.41, 5.74) is 5.75. The molecule has 1 heterocycles. The number of carboxylic acids is 1. The van der Waals surface area contributed by atoms with Gasteiger partial charge in [0.25, 0.3) is 0 Å². The SMILES string of the molecule is CCCNC(=O)CCNc1nc(C(N)C(=O)O)cs1. The quantitative estimate of drug-likeness (QED) is 0.554. The van der Waals surface area contributed by atoms with Crippen LogP contribution in [-0.2, 0) is 9.59 Å². The maximum Gasteiger partial charge on any atom is 0.326 e. The smallest absolute Gasteiger partial charge is 0.326 e. The van der Waals surface area contributed by atoms with Gasteiger partial charge in [0.15, 0.2) is 5.13 Å². The number of carboxylic acid groups (broad SMARTS) is 1. The number of carbonyl (C=O) groups excluding carboxylic acids is 1. The van der Waals surface area contributed by atoms with E-state index in [0.717, 1.165) is 6.42 Å². The van der Waals surface area contributed by atoms with E-state index in [0.29, 0.717) is 30.3 Å². The van der Waals surface area contributed by atoms with Crippen LogP contribution in [0.25, 0.3) is 0 Å². The molecule has 5 N–H and O–H groups in total. The first-order chi connectivity index (χ1) is 9.04. The average molecular weight is 286 g/mol. The fourth-order valence-corrected chi connectivity index (χ4v) is 2.05. The van der Waals surface area contributed by atoms with Crippen molar-refractivity contribution in [2.24, 2.45) is 5.73 Å². The Kier molecular flexibility index (Phi) is 6.23. The zero-order valence-electron chi connectivity index (χ0n) is 10.7. The average Bonchev–Trinajstić information content (AvgIpc) is 2.84. The van der Waals surface area contributed by atoms with Crippen LogP contribution in [0.15, 0.2) is 5.38 Å². The van der Waals surface area contributed by atoms with Crippen LogP contribution in [0.5, 0.6) is 0 Å². The van der Waals surface area contributed by atoms with E-state index >= 15 is 0 Å². The van der Waals surface area contributed by atoms with Gasteiger partial charge in [0, 0.05) is 24.9 Å². The molecular formula is C11H18N4O3S. The number of rotatable bonds is 8. The molecule has 1 rings (SSSR count). The van der Waals surface area contributed by atoms with Gasteiger partial charge in [0.1, 0.15) is 6.04 Å². The largest absolute Gasteiger partial charge is 0.480 e. The van der Waals surface area contributed by atoms with Gasteiger partial charge in [-0.1, -0.05) is 6.92 Å². The number of amides is 1. The highest BCUT2D eigenvalue weighted by Gasteiger charge is 2.17. The monoisotopic (exact) mass is 286 g/mol. The molecule has 0 saturated carbocycles. The minimum Gasteiger partial charge on any atom is -0.480 e. The Labute approximate surface area is 115 Å². The lowest BCUT2D eigenvalue weighted by Crippen LogP contribution is -2.25. The molecule has 0 saturated heterocycles. The Morgan fingerprint density at radius 3 is 2.89 bits per heavy atom. The Morgan fingerprint density at radius 2 is 2.26 bits per heavy atom. The van der Waals surface area contributed by atoms with E-state index in [1.54, 1.807) is 5.38 Å². The highest BCUT2D eigenvalue weighted by atomic mass is 32.1. The molecule has 106 valence electrons. The van der Waals surface area contributed by atoms with E-state index < -0.39 is 12.0 Å². The number of nitrogens with one attached hydrogen (secondary N) is 2. The Morgan fingerprint density at radius 1 is 1.53 bits per heavy atom. The highest BCUT2D eigenvalue weighted by molar-refractivity contribution is 7.13. The molecule has 1 atom stereocenters. The lowest BCUT2D eigenvalue weighted by atomic mass is 10.2. The van der Waals surface area contributed by atoms with E-state index in [2.05, 4.69) is 15.6 Å². The maximum absolute atomic E-state index is 11.3. The molecule has 0 aromatic carbocycles. The Balaban J connectivity index is 2.34. The second kappa shape index (κ2) is 7.70. The van der Waals surface area contributed by atoms with Crippen molar-refractivity contribution in [1.29, 1.82) is 0 Å². The number of hydrogen-bond acceptors (Lipinski definition) is 6. The van der Waals surface area contributed by atoms with Crippen molar-refractivity contribution < 1.29 is 14.7 Å². The summed E-state index contributed by atoms with van der Waals surface area (Å²) < 4.78 is 0. The van der Waals surface area contributed by atoms with E-state index in [-0.39, 0.29) is 5.91 Å². The predicted octanol–water partition coefficient (Wildman–Crippen LogP) is 0.556. The topological polar surface area (TPSA) is 117 Å². The van der Waals surface area contributed by atoms with Gasteiger partial charge >= 0.3 is 5.97 Å². The van der Waals surface area contributed by atoms with Crippen molar-refractivity contribution in [2.45, 2.75) is 25.8 Å². The molecule has 8 heteroatoms. The van der Waals surface area contributed by atoms with E-state index in [9.17, 15) is 9.59 Å². The van der Waals surface area contributed by atoms with Crippen LogP contribution in [-0.4, -0.2) is 35.1 Å². The molecule has 7 nitrogen and oxygen atoms in total. The summed E-state index contributed by atoms with van der Waals surface area (Å²) in [4.78, 5) is 26.1. The van der Waals surface area contributed by atoms with Crippen LogP contribution in [0.4, 0.5) is 5.13 Å². The summed E-state index contributed by atoms with van der Waals surface area (Å²) in [5.74, 6) is -1.14. The highest BCUT2D eigenvalue weighted by Crippen LogP contribution is 2.19. The molecule has 1 amide bonds. The lowest BCUT2D eigenvalue weighted by molar-refractivity contribution is -0.138. The molecule has 1 unspecified atom stereocenters. The Hall–Kier alpha value is -1.67. The third-order valence-electron chi connectivity index (χ3n) is 2.31. The number of carbonyl (C=O) groups is 2. The van der Waals surface area contributed by atoms with Crippen LogP contribution in [0.1, 0.15) is 31.5 Å². The fraction of sp³-hybridized carbons (Fsp3) is 0.545. The third-order valence-corrected chi connectivity index (χ3v) is 3.13. The molecule has 0 fully saturated rings. The summed E-state index contributed by atoms with van der Waals surface area (Å²) in [7, 11) is 0. The van der Waals surface area contributed by atoms with Gasteiger partial charge in [-0.3, -0.25) is 9.59 Å². The number of thiazole rings is 1. The number of anilines is 1. The second-order valence-corrected chi connectivity index (χ2v) is 4.78. The van der Waals surface area contributed by atoms with Gasteiger partial charge < -0.3 is 21.5 Å². The third kappa shape index (κ3) is 5.23. The lowest BCUT2D eigenvalue weighted by Gasteiger charge is -2.04. The first-order valence-corrected chi connectivity index (χ1v) is 6.87. The van der Waals surface area contributed by atoms with Crippen molar-refractivity contribution >= 4 is 28.3 Å². The molecule has 0 spiro atoms. The van der Waals surface area contributed by atoms with E-state index in [1.807, 2.05) is 6.92 Å². The molecule has 19 heavy (non-hydrogen) atoms. The zero-order chi connectivity index (χ0) is 14.3. The molecule has 0 aliphatic carbocycles. The molecule has 1 aromatic heterocycles. The number of nitrogens with two attached hydrogens (primary N) is 1. The van der Waals surface area contributed by atoms with Crippen molar-refractivity contribution in [3.8, 4) is 0 Å². The van der Waals surface area contributed by atoms with E-state index in [1.165, 1.54) is 11.3 Å². The molecule has 0 radical (unpaired) electrons. The molecule has 1 aromatic rings.